The fraction of sp³-hybridized carbons (Fsp3) is 0.231. The molecule has 0 unspecified atom stereocenters. The number of carbonyl (C=O) groups is 2. The molecule has 0 aliphatic carbocycles. The van der Waals surface area contributed by atoms with Gasteiger partial charge in [-0.3, -0.25) is 4.79 Å². The lowest BCUT2D eigenvalue weighted by molar-refractivity contribution is -0.677. The molecule has 3 aromatic rings. The Kier molecular flexibility index (Phi) is 9.11. The highest BCUT2D eigenvalue weighted by Gasteiger charge is 2.24. The van der Waals surface area contributed by atoms with Gasteiger partial charge in [-0.2, -0.15) is 0 Å². The molecular weight excluding hydrogens is 516 g/mol. The van der Waals surface area contributed by atoms with Crippen LogP contribution in [0.2, 0.25) is 0 Å². The fourth-order valence-corrected chi connectivity index (χ4v) is 4.09. The molecule has 0 heterocycles. The molecule has 1 amide bonds. The number of rotatable bonds is 10. The van der Waals surface area contributed by atoms with E-state index in [9.17, 15) is 9.59 Å². The minimum Gasteiger partial charge on any atom is -0.493 e. The van der Waals surface area contributed by atoms with E-state index >= 15 is 0 Å². The van der Waals surface area contributed by atoms with Gasteiger partial charge in [-0.15, -0.1) is 0 Å². The molecule has 35 heavy (non-hydrogen) atoms. The van der Waals surface area contributed by atoms with Crippen molar-refractivity contribution >= 4 is 33.5 Å². The largest absolute Gasteiger partial charge is 0.493 e. The monoisotopic (exact) mass is 543 g/mol. The lowest BCUT2D eigenvalue weighted by Crippen LogP contribution is -2.87. The van der Waals surface area contributed by atoms with Crippen molar-refractivity contribution in [1.82, 2.24) is 0 Å². The van der Waals surface area contributed by atoms with Crippen molar-refractivity contribution in [2.24, 2.45) is 0 Å². The molecule has 184 valence electrons. The Morgan fingerprint density at radius 2 is 1.57 bits per heavy atom. The van der Waals surface area contributed by atoms with Gasteiger partial charge in [0.05, 0.1) is 34.1 Å². The Hall–Kier alpha value is -3.56. The summed E-state index contributed by atoms with van der Waals surface area (Å²) < 4.78 is 21.8. The molecule has 0 saturated carbocycles. The molecule has 0 bridgehead atoms. The van der Waals surface area contributed by atoms with Gasteiger partial charge < -0.3 is 29.6 Å². The fourth-order valence-electron chi connectivity index (χ4n) is 3.71. The number of halogens is 1. The first-order chi connectivity index (χ1) is 16.9. The number of nitrogens with one attached hydrogen (secondary N) is 1. The van der Waals surface area contributed by atoms with Crippen molar-refractivity contribution in [2.75, 3.05) is 40.3 Å². The minimum atomic E-state index is -0.354. The van der Waals surface area contributed by atoms with Crippen LogP contribution in [0.3, 0.4) is 0 Å². The number of hydrogen-bond acceptors (Lipinski definition) is 6. The van der Waals surface area contributed by atoms with E-state index < -0.39 is 0 Å². The molecule has 0 aliphatic rings. The van der Waals surface area contributed by atoms with Gasteiger partial charge in [-0.1, -0.05) is 46.3 Å². The van der Waals surface area contributed by atoms with Crippen LogP contribution in [0.5, 0.6) is 17.2 Å². The zero-order valence-corrected chi connectivity index (χ0v) is 21.5. The van der Waals surface area contributed by atoms with Crippen LogP contribution in [-0.2, 0) is 9.53 Å². The van der Waals surface area contributed by atoms with Crippen molar-refractivity contribution in [3.63, 3.8) is 0 Å². The van der Waals surface area contributed by atoms with Crippen LogP contribution in [0, 0.1) is 0 Å². The van der Waals surface area contributed by atoms with Crippen molar-refractivity contribution in [1.29, 1.82) is 0 Å². The van der Waals surface area contributed by atoms with Gasteiger partial charge in [-0.05, 0) is 30.3 Å². The Bertz CT molecular complexity index is 1160. The van der Waals surface area contributed by atoms with Gasteiger partial charge in [0.15, 0.2) is 18.0 Å². The Morgan fingerprint density at radius 3 is 2.14 bits per heavy atom. The average Bonchev–Trinajstić information content (AvgIpc) is 2.89. The number of carbonyl (C=O) groups excluding carboxylic acids is 2. The maximum Gasteiger partial charge on any atom is 0.361 e. The summed E-state index contributed by atoms with van der Waals surface area (Å²) >= 11 is 3.53. The molecule has 3 N–H and O–H groups in total. The van der Waals surface area contributed by atoms with E-state index in [1.165, 1.54) is 28.4 Å². The van der Waals surface area contributed by atoms with E-state index in [2.05, 4.69) is 21.2 Å². The third-order valence-corrected chi connectivity index (χ3v) is 5.92. The number of ether oxygens (including phenoxy) is 4. The van der Waals surface area contributed by atoms with Gasteiger partial charge in [0.2, 0.25) is 5.75 Å². The second-order valence-electron chi connectivity index (χ2n) is 7.50. The molecule has 0 spiro atoms. The van der Waals surface area contributed by atoms with Crippen molar-refractivity contribution < 1.29 is 33.9 Å². The molecule has 0 radical (unpaired) electrons. The number of quaternary nitrogens is 1. The summed E-state index contributed by atoms with van der Waals surface area (Å²) in [6, 6.07) is 18.2. The molecule has 0 aromatic heterocycles. The van der Waals surface area contributed by atoms with Crippen LogP contribution in [0.1, 0.15) is 27.5 Å². The molecule has 8 nitrogen and oxygen atoms in total. The normalized spacial score (nSPS) is 11.3. The van der Waals surface area contributed by atoms with Gasteiger partial charge in [-0.25, -0.2) is 4.79 Å². The summed E-state index contributed by atoms with van der Waals surface area (Å²) in [5.41, 5.74) is 2.72. The summed E-state index contributed by atoms with van der Waals surface area (Å²) in [7, 11) is 5.85. The lowest BCUT2D eigenvalue weighted by atomic mass is 9.96. The summed E-state index contributed by atoms with van der Waals surface area (Å²) in [5, 5.41) is 4.87. The predicted octanol–water partition coefficient (Wildman–Crippen LogP) is 3.55. The number of methoxy groups -OCH3 is 4. The first-order valence-electron chi connectivity index (χ1n) is 10.8. The second kappa shape index (κ2) is 12.2. The number of esters is 1. The molecule has 9 heteroatoms. The molecular formula is C26H28BrN2O6+. The SMILES string of the molecule is COC(=O)C[NH2+][C@H](c1ccccc1)c1cc(Br)ccc1NC(=O)c1cc(OC)c(OC)c(OC)c1. The van der Waals surface area contributed by atoms with Crippen molar-refractivity contribution in [3.8, 4) is 17.2 Å². The lowest BCUT2D eigenvalue weighted by Gasteiger charge is -2.20. The molecule has 1 atom stereocenters. The number of nitrogens with two attached hydrogens (primary N) is 1. The van der Waals surface area contributed by atoms with Gasteiger partial charge in [0.1, 0.15) is 6.04 Å². The van der Waals surface area contributed by atoms with Crippen LogP contribution in [-0.4, -0.2) is 46.9 Å². The van der Waals surface area contributed by atoms with E-state index in [4.69, 9.17) is 18.9 Å². The predicted molar refractivity (Wildman–Crippen MR) is 135 cm³/mol. The van der Waals surface area contributed by atoms with Crippen LogP contribution >= 0.6 is 15.9 Å². The Morgan fingerprint density at radius 1 is 0.914 bits per heavy atom. The quantitative estimate of drug-likeness (QED) is 0.379. The highest BCUT2D eigenvalue weighted by molar-refractivity contribution is 9.10. The molecule has 3 rings (SSSR count). The van der Waals surface area contributed by atoms with Crippen LogP contribution in [0.25, 0.3) is 0 Å². The number of amides is 1. The summed E-state index contributed by atoms with van der Waals surface area (Å²) in [6.45, 7) is 0.114. The summed E-state index contributed by atoms with van der Waals surface area (Å²) in [5.74, 6) is 0.456. The zero-order chi connectivity index (χ0) is 25.4. The van der Waals surface area contributed by atoms with Crippen LogP contribution < -0.4 is 24.8 Å². The van der Waals surface area contributed by atoms with E-state index in [-0.39, 0.29) is 24.5 Å². The molecule has 3 aromatic carbocycles. The third kappa shape index (κ3) is 6.32. The topological polar surface area (TPSA) is 99.7 Å². The van der Waals surface area contributed by atoms with E-state index in [0.29, 0.717) is 28.5 Å². The average molecular weight is 544 g/mol. The van der Waals surface area contributed by atoms with Crippen molar-refractivity contribution in [3.05, 3.63) is 81.8 Å². The van der Waals surface area contributed by atoms with E-state index in [0.717, 1.165) is 15.6 Å². The summed E-state index contributed by atoms with van der Waals surface area (Å²) in [4.78, 5) is 25.2. The number of hydrogen-bond donors (Lipinski definition) is 2. The smallest absolute Gasteiger partial charge is 0.361 e. The third-order valence-electron chi connectivity index (χ3n) is 5.43. The van der Waals surface area contributed by atoms with E-state index in [1.54, 1.807) is 12.1 Å². The zero-order valence-electron chi connectivity index (χ0n) is 20.0. The maximum atomic E-state index is 13.3. The van der Waals surface area contributed by atoms with Crippen LogP contribution in [0.15, 0.2) is 65.1 Å². The van der Waals surface area contributed by atoms with Crippen molar-refractivity contribution in [2.45, 2.75) is 6.04 Å². The molecule has 0 aliphatic heterocycles. The molecule has 0 fully saturated rings. The van der Waals surface area contributed by atoms with Crippen LogP contribution in [0.4, 0.5) is 5.69 Å². The second-order valence-corrected chi connectivity index (χ2v) is 8.42. The standard InChI is InChI=1S/C26H27BrN2O6/c1-32-21-12-17(13-22(33-2)25(21)35-4)26(31)29-20-11-10-18(27)14-19(20)24(28-15-23(30)34-3)16-8-6-5-7-9-16/h5-14,24,28H,15H2,1-4H3,(H,29,31)/p+1/t24-/m1/s1. The maximum absolute atomic E-state index is 13.3. The summed E-state index contributed by atoms with van der Waals surface area (Å²) in [6.07, 6.45) is 0. The number of anilines is 1. The Balaban J connectivity index is 2.01. The van der Waals surface area contributed by atoms with Gasteiger partial charge >= 0.3 is 5.97 Å². The van der Waals surface area contributed by atoms with Gasteiger partial charge in [0.25, 0.3) is 5.91 Å². The highest BCUT2D eigenvalue weighted by atomic mass is 79.9. The number of benzene rings is 3. The highest BCUT2D eigenvalue weighted by Crippen LogP contribution is 2.38. The van der Waals surface area contributed by atoms with Gasteiger partial charge in [0, 0.05) is 21.2 Å². The first kappa shape index (κ1) is 26.1. The minimum absolute atomic E-state index is 0.114. The molecule has 0 saturated heterocycles. The Labute approximate surface area is 212 Å². The van der Waals surface area contributed by atoms with E-state index in [1.807, 2.05) is 53.8 Å². The first-order valence-corrected chi connectivity index (χ1v) is 11.6.